The van der Waals surface area contributed by atoms with Crippen molar-refractivity contribution in [1.29, 1.82) is 0 Å². The molecular weight excluding hydrogens is 243 g/mol. The fraction of sp³-hybridized carbons (Fsp3) is 0.250. The molecule has 90 valence electrons. The zero-order valence-electron chi connectivity index (χ0n) is 9.50. The molecule has 3 nitrogen and oxygen atoms in total. The van der Waals surface area contributed by atoms with Crippen LogP contribution in [0.15, 0.2) is 29.1 Å². The van der Waals surface area contributed by atoms with Gasteiger partial charge in [-0.2, -0.15) is 0 Å². The Kier molecular flexibility index (Phi) is 3.07. The smallest absolute Gasteiger partial charge is 0.267 e. The molecule has 0 bridgehead atoms. The lowest BCUT2D eigenvalue weighted by atomic mass is 10.1. The highest BCUT2D eigenvalue weighted by atomic mass is 35.5. The summed E-state index contributed by atoms with van der Waals surface area (Å²) >= 11 is 5.72. The molecule has 1 atom stereocenters. The van der Waals surface area contributed by atoms with Gasteiger partial charge in [0.25, 0.3) is 5.56 Å². The number of H-pyrrole nitrogens is 1. The number of hydrogen-bond acceptors (Lipinski definition) is 1. The van der Waals surface area contributed by atoms with Gasteiger partial charge in [0.1, 0.15) is 5.82 Å². The molecule has 1 aromatic heterocycles. The first-order valence-electron chi connectivity index (χ1n) is 5.22. The predicted octanol–water partition coefficient (Wildman–Crippen LogP) is 2.89. The minimum absolute atomic E-state index is 0.0608. The lowest BCUT2D eigenvalue weighted by molar-refractivity contribution is 0.542. The Balaban J connectivity index is 2.43. The highest BCUT2D eigenvalue weighted by molar-refractivity contribution is 6.30. The molecule has 0 aliphatic heterocycles. The van der Waals surface area contributed by atoms with Gasteiger partial charge >= 0.3 is 0 Å². The SMILES string of the molecule is Cc1cc(=O)n(C(C)c2ccc(F)c(Cl)c2)[nH]1. The second kappa shape index (κ2) is 4.37. The second-order valence-corrected chi connectivity index (χ2v) is 4.40. The number of benzene rings is 1. The number of aryl methyl sites for hydroxylation is 1. The van der Waals surface area contributed by atoms with Crippen molar-refractivity contribution in [2.75, 3.05) is 0 Å². The van der Waals surface area contributed by atoms with Crippen LogP contribution in [0.4, 0.5) is 4.39 Å². The minimum Gasteiger partial charge on any atom is -0.299 e. The summed E-state index contributed by atoms with van der Waals surface area (Å²) in [5.41, 5.74) is 1.45. The summed E-state index contributed by atoms with van der Waals surface area (Å²) in [5, 5.41) is 3.00. The summed E-state index contributed by atoms with van der Waals surface area (Å²) in [6.45, 7) is 3.66. The molecule has 0 amide bonds. The summed E-state index contributed by atoms with van der Waals surface area (Å²) in [4.78, 5) is 11.6. The average Bonchev–Trinajstić information content (AvgIpc) is 2.61. The molecular formula is C12H12ClFN2O. The van der Waals surface area contributed by atoms with Crippen molar-refractivity contribution < 1.29 is 4.39 Å². The molecule has 17 heavy (non-hydrogen) atoms. The molecule has 1 N–H and O–H groups in total. The summed E-state index contributed by atoms with van der Waals surface area (Å²) in [6, 6.07) is 5.75. The fourth-order valence-electron chi connectivity index (χ4n) is 1.74. The van der Waals surface area contributed by atoms with Crippen molar-refractivity contribution in [3.8, 4) is 0 Å². The van der Waals surface area contributed by atoms with Crippen molar-refractivity contribution >= 4 is 11.6 Å². The highest BCUT2D eigenvalue weighted by Gasteiger charge is 2.12. The zero-order valence-corrected chi connectivity index (χ0v) is 10.3. The Morgan fingerprint density at radius 2 is 2.12 bits per heavy atom. The Hall–Kier alpha value is -1.55. The van der Waals surface area contributed by atoms with Crippen LogP contribution in [0.25, 0.3) is 0 Å². The van der Waals surface area contributed by atoms with Crippen molar-refractivity contribution in [1.82, 2.24) is 9.78 Å². The van der Waals surface area contributed by atoms with Crippen LogP contribution in [-0.2, 0) is 0 Å². The Morgan fingerprint density at radius 3 is 2.65 bits per heavy atom. The maximum atomic E-state index is 13.0. The molecule has 1 unspecified atom stereocenters. The standard InChI is InChI=1S/C12H12ClFN2O/c1-7-5-12(17)16(15-7)8(2)9-3-4-11(14)10(13)6-9/h3-6,8,15H,1-2H3. The molecule has 0 aliphatic carbocycles. The number of aromatic nitrogens is 2. The van der Waals surface area contributed by atoms with Crippen molar-refractivity contribution in [2.45, 2.75) is 19.9 Å². The van der Waals surface area contributed by atoms with Gasteiger partial charge in [0.2, 0.25) is 0 Å². The number of rotatable bonds is 2. The fourth-order valence-corrected chi connectivity index (χ4v) is 1.93. The summed E-state index contributed by atoms with van der Waals surface area (Å²) in [5.74, 6) is -0.461. The van der Waals surface area contributed by atoms with E-state index in [1.54, 1.807) is 6.07 Å². The molecule has 1 aromatic carbocycles. The van der Waals surface area contributed by atoms with Crippen LogP contribution in [0, 0.1) is 12.7 Å². The van der Waals surface area contributed by atoms with E-state index < -0.39 is 5.82 Å². The van der Waals surface area contributed by atoms with E-state index in [0.717, 1.165) is 11.3 Å². The number of hydrogen-bond donors (Lipinski definition) is 1. The van der Waals surface area contributed by atoms with E-state index in [4.69, 9.17) is 11.6 Å². The first-order valence-corrected chi connectivity index (χ1v) is 5.60. The monoisotopic (exact) mass is 254 g/mol. The molecule has 2 aromatic rings. The summed E-state index contributed by atoms with van der Waals surface area (Å²) in [7, 11) is 0. The Morgan fingerprint density at radius 1 is 1.41 bits per heavy atom. The van der Waals surface area contributed by atoms with Crippen LogP contribution < -0.4 is 5.56 Å². The second-order valence-electron chi connectivity index (χ2n) is 4.00. The zero-order chi connectivity index (χ0) is 12.6. The number of nitrogens with zero attached hydrogens (tertiary/aromatic N) is 1. The van der Waals surface area contributed by atoms with Crippen LogP contribution in [0.1, 0.15) is 24.2 Å². The van der Waals surface area contributed by atoms with Crippen molar-refractivity contribution in [3.63, 3.8) is 0 Å². The van der Waals surface area contributed by atoms with Gasteiger partial charge in [-0.1, -0.05) is 17.7 Å². The number of halogens is 2. The molecule has 1 heterocycles. The van der Waals surface area contributed by atoms with Gasteiger partial charge in [-0.15, -0.1) is 0 Å². The third-order valence-electron chi connectivity index (χ3n) is 2.69. The molecule has 5 heteroatoms. The Bertz CT molecular complexity index is 603. The lowest BCUT2D eigenvalue weighted by Crippen LogP contribution is -2.20. The molecule has 0 aliphatic rings. The van der Waals surface area contributed by atoms with Crippen LogP contribution in [-0.4, -0.2) is 9.78 Å². The highest BCUT2D eigenvalue weighted by Crippen LogP contribution is 2.22. The summed E-state index contributed by atoms with van der Waals surface area (Å²) < 4.78 is 14.5. The van der Waals surface area contributed by atoms with Gasteiger partial charge in [-0.3, -0.25) is 9.89 Å². The third kappa shape index (κ3) is 2.26. The van der Waals surface area contributed by atoms with E-state index >= 15 is 0 Å². The maximum absolute atomic E-state index is 13.0. The van der Waals surface area contributed by atoms with E-state index in [1.807, 2.05) is 13.8 Å². The van der Waals surface area contributed by atoms with Gasteiger partial charge in [-0.25, -0.2) is 9.07 Å². The van der Waals surface area contributed by atoms with Crippen molar-refractivity contribution in [2.24, 2.45) is 0 Å². The minimum atomic E-state index is -0.461. The first-order chi connectivity index (χ1) is 7.99. The van der Waals surface area contributed by atoms with Gasteiger partial charge in [-0.05, 0) is 31.5 Å². The van der Waals surface area contributed by atoms with E-state index in [-0.39, 0.29) is 16.6 Å². The normalized spacial score (nSPS) is 12.7. The quantitative estimate of drug-likeness (QED) is 0.879. The van der Waals surface area contributed by atoms with Crippen LogP contribution in [0.3, 0.4) is 0 Å². The molecule has 0 saturated carbocycles. The van der Waals surface area contributed by atoms with Crippen LogP contribution in [0.5, 0.6) is 0 Å². The number of nitrogens with one attached hydrogen (secondary N) is 1. The average molecular weight is 255 g/mol. The third-order valence-corrected chi connectivity index (χ3v) is 2.98. The lowest BCUT2D eigenvalue weighted by Gasteiger charge is -2.13. The molecule has 0 spiro atoms. The van der Waals surface area contributed by atoms with E-state index in [9.17, 15) is 9.18 Å². The maximum Gasteiger partial charge on any atom is 0.267 e. The van der Waals surface area contributed by atoms with Crippen molar-refractivity contribution in [3.05, 3.63) is 56.7 Å². The predicted molar refractivity (Wildman–Crippen MR) is 65.0 cm³/mol. The number of aromatic amines is 1. The van der Waals surface area contributed by atoms with Gasteiger partial charge < -0.3 is 0 Å². The summed E-state index contributed by atoms with van der Waals surface area (Å²) in [6.07, 6.45) is 0. The van der Waals surface area contributed by atoms with Gasteiger partial charge in [0, 0.05) is 11.8 Å². The van der Waals surface area contributed by atoms with Crippen LogP contribution >= 0.6 is 11.6 Å². The van der Waals surface area contributed by atoms with E-state index in [1.165, 1.54) is 22.9 Å². The van der Waals surface area contributed by atoms with Gasteiger partial charge in [0.05, 0.1) is 11.1 Å². The van der Waals surface area contributed by atoms with Gasteiger partial charge in [0.15, 0.2) is 0 Å². The molecule has 0 radical (unpaired) electrons. The largest absolute Gasteiger partial charge is 0.299 e. The Labute approximate surface area is 103 Å². The van der Waals surface area contributed by atoms with E-state index in [2.05, 4.69) is 5.10 Å². The first kappa shape index (κ1) is 11.9. The molecule has 0 fully saturated rings. The molecule has 0 saturated heterocycles. The van der Waals surface area contributed by atoms with E-state index in [0.29, 0.717) is 0 Å². The topological polar surface area (TPSA) is 37.8 Å². The molecule has 2 rings (SSSR count). The van der Waals surface area contributed by atoms with Crippen LogP contribution in [0.2, 0.25) is 5.02 Å².